The van der Waals surface area contributed by atoms with Gasteiger partial charge in [-0.2, -0.15) is 0 Å². The van der Waals surface area contributed by atoms with Gasteiger partial charge < -0.3 is 9.84 Å². The zero-order valence-corrected chi connectivity index (χ0v) is 13.8. The molecule has 0 aliphatic carbocycles. The number of carboxylic acids is 1. The fraction of sp³-hybridized carbons (Fsp3) is 0.562. The molecule has 2 rings (SSSR count). The highest BCUT2D eigenvalue weighted by Gasteiger charge is 2.26. The van der Waals surface area contributed by atoms with E-state index in [1.807, 2.05) is 30.3 Å². The second kappa shape index (κ2) is 8.42. The number of hydrogen-bond acceptors (Lipinski definition) is 4. The average molecular weight is 341 g/mol. The number of nitrogens with one attached hydrogen (secondary N) is 1. The highest BCUT2D eigenvalue weighted by atomic mass is 32.2. The second-order valence-electron chi connectivity index (χ2n) is 5.85. The molecule has 2 N–H and O–H groups in total. The summed E-state index contributed by atoms with van der Waals surface area (Å²) in [7, 11) is -3.50. The monoisotopic (exact) mass is 341 g/mol. The Morgan fingerprint density at radius 3 is 2.70 bits per heavy atom. The summed E-state index contributed by atoms with van der Waals surface area (Å²) in [5.74, 6) is -0.993. The third-order valence-corrected chi connectivity index (χ3v) is 5.31. The van der Waals surface area contributed by atoms with Gasteiger partial charge in [-0.1, -0.05) is 30.3 Å². The van der Waals surface area contributed by atoms with Gasteiger partial charge in [0.15, 0.2) is 0 Å². The lowest BCUT2D eigenvalue weighted by Crippen LogP contribution is -2.40. The van der Waals surface area contributed by atoms with Crippen LogP contribution in [-0.2, 0) is 26.0 Å². The molecule has 0 aromatic heterocycles. The highest BCUT2D eigenvalue weighted by Crippen LogP contribution is 2.15. The standard InChI is InChI=1S/C16H23NO5S/c18-16(19)9-8-14(11-13-5-2-1-3-6-13)17-23(20,21)12-15-7-4-10-22-15/h1-3,5-6,14-15,17H,4,7-12H2,(H,18,19). The van der Waals surface area contributed by atoms with E-state index in [0.717, 1.165) is 18.4 Å². The number of benzene rings is 1. The summed E-state index contributed by atoms with van der Waals surface area (Å²) in [4.78, 5) is 10.8. The summed E-state index contributed by atoms with van der Waals surface area (Å²) >= 11 is 0. The van der Waals surface area contributed by atoms with Crippen LogP contribution < -0.4 is 4.72 Å². The highest BCUT2D eigenvalue weighted by molar-refractivity contribution is 7.89. The summed E-state index contributed by atoms with van der Waals surface area (Å²) in [6, 6.07) is 9.02. The molecule has 128 valence electrons. The molecule has 6 nitrogen and oxygen atoms in total. The predicted molar refractivity (Wildman–Crippen MR) is 86.7 cm³/mol. The zero-order chi connectivity index (χ0) is 16.7. The Hall–Kier alpha value is -1.44. The minimum Gasteiger partial charge on any atom is -0.481 e. The summed E-state index contributed by atoms with van der Waals surface area (Å²) < 4.78 is 32.6. The van der Waals surface area contributed by atoms with Gasteiger partial charge in [0.25, 0.3) is 0 Å². The number of sulfonamides is 1. The Bertz CT molecular complexity index is 596. The molecule has 1 aliphatic heterocycles. The van der Waals surface area contributed by atoms with Crippen LogP contribution in [0.4, 0.5) is 0 Å². The summed E-state index contributed by atoms with van der Waals surface area (Å²) in [5.41, 5.74) is 0.975. The van der Waals surface area contributed by atoms with Crippen molar-refractivity contribution in [2.75, 3.05) is 12.4 Å². The quantitative estimate of drug-likeness (QED) is 0.711. The lowest BCUT2D eigenvalue weighted by Gasteiger charge is -2.19. The zero-order valence-electron chi connectivity index (χ0n) is 13.0. The van der Waals surface area contributed by atoms with Gasteiger partial charge in [0.2, 0.25) is 10.0 Å². The molecule has 0 saturated carbocycles. The Morgan fingerprint density at radius 1 is 1.35 bits per heavy atom. The molecule has 2 atom stereocenters. The number of carboxylic acid groups (broad SMARTS) is 1. The molecule has 0 radical (unpaired) electrons. The molecule has 1 aliphatic rings. The Balaban J connectivity index is 1.98. The Morgan fingerprint density at radius 2 is 2.09 bits per heavy atom. The third kappa shape index (κ3) is 6.68. The van der Waals surface area contributed by atoms with E-state index in [1.165, 1.54) is 0 Å². The molecule has 1 heterocycles. The first-order chi connectivity index (χ1) is 10.9. The van der Waals surface area contributed by atoms with Crippen LogP contribution in [0, 0.1) is 0 Å². The molecule has 1 aromatic rings. The SMILES string of the molecule is O=C(O)CCC(Cc1ccccc1)NS(=O)(=O)CC1CCCO1. The van der Waals surface area contributed by atoms with Crippen LogP contribution in [0.5, 0.6) is 0 Å². The average Bonchev–Trinajstić information content (AvgIpc) is 2.97. The van der Waals surface area contributed by atoms with E-state index in [1.54, 1.807) is 0 Å². The van der Waals surface area contributed by atoms with Gasteiger partial charge in [-0.3, -0.25) is 4.79 Å². The minimum atomic E-state index is -3.50. The molecule has 0 amide bonds. The van der Waals surface area contributed by atoms with Crippen molar-refractivity contribution in [1.29, 1.82) is 0 Å². The second-order valence-corrected chi connectivity index (χ2v) is 7.65. The number of hydrogen-bond donors (Lipinski definition) is 2. The van der Waals surface area contributed by atoms with Gasteiger partial charge in [0, 0.05) is 19.1 Å². The van der Waals surface area contributed by atoms with Crippen molar-refractivity contribution in [3.05, 3.63) is 35.9 Å². The maximum atomic E-state index is 12.3. The van der Waals surface area contributed by atoms with Crippen LogP contribution in [-0.4, -0.2) is 44.0 Å². The fourth-order valence-electron chi connectivity index (χ4n) is 2.72. The van der Waals surface area contributed by atoms with Crippen LogP contribution in [0.25, 0.3) is 0 Å². The molecule has 0 bridgehead atoms. The van der Waals surface area contributed by atoms with Gasteiger partial charge >= 0.3 is 5.97 Å². The first-order valence-corrected chi connectivity index (χ1v) is 9.47. The van der Waals surface area contributed by atoms with E-state index in [-0.39, 0.29) is 24.7 Å². The molecule has 2 unspecified atom stereocenters. The van der Waals surface area contributed by atoms with E-state index in [4.69, 9.17) is 9.84 Å². The lowest BCUT2D eigenvalue weighted by molar-refractivity contribution is -0.137. The largest absolute Gasteiger partial charge is 0.481 e. The van der Waals surface area contributed by atoms with Crippen molar-refractivity contribution in [2.45, 2.75) is 44.2 Å². The van der Waals surface area contributed by atoms with Crippen molar-refractivity contribution in [3.8, 4) is 0 Å². The van der Waals surface area contributed by atoms with E-state index < -0.39 is 22.0 Å². The molecule has 0 spiro atoms. The van der Waals surface area contributed by atoms with Crippen molar-refractivity contribution in [3.63, 3.8) is 0 Å². The Kier molecular flexibility index (Phi) is 6.56. The van der Waals surface area contributed by atoms with Gasteiger partial charge in [0.1, 0.15) is 0 Å². The first kappa shape index (κ1) is 17.9. The molecular weight excluding hydrogens is 318 g/mol. The molecule has 23 heavy (non-hydrogen) atoms. The van der Waals surface area contributed by atoms with Gasteiger partial charge in [-0.05, 0) is 31.2 Å². The molecule has 1 saturated heterocycles. The van der Waals surface area contributed by atoms with Crippen molar-refractivity contribution in [1.82, 2.24) is 4.72 Å². The molecule has 7 heteroatoms. The Labute approximate surface area is 136 Å². The van der Waals surface area contributed by atoms with E-state index in [2.05, 4.69) is 4.72 Å². The maximum Gasteiger partial charge on any atom is 0.303 e. The van der Waals surface area contributed by atoms with Crippen LogP contribution in [0.1, 0.15) is 31.2 Å². The van der Waals surface area contributed by atoms with E-state index >= 15 is 0 Å². The van der Waals surface area contributed by atoms with E-state index in [0.29, 0.717) is 13.0 Å². The summed E-state index contributed by atoms with van der Waals surface area (Å²) in [6.45, 7) is 0.604. The van der Waals surface area contributed by atoms with Crippen molar-refractivity contribution < 1.29 is 23.1 Å². The van der Waals surface area contributed by atoms with E-state index in [9.17, 15) is 13.2 Å². The third-order valence-electron chi connectivity index (χ3n) is 3.81. The smallest absolute Gasteiger partial charge is 0.303 e. The topological polar surface area (TPSA) is 92.7 Å². The first-order valence-electron chi connectivity index (χ1n) is 7.82. The maximum absolute atomic E-state index is 12.3. The normalized spacial score (nSPS) is 19.6. The van der Waals surface area contributed by atoms with Gasteiger partial charge in [-0.15, -0.1) is 0 Å². The molecular formula is C16H23NO5S. The molecule has 1 aromatic carbocycles. The minimum absolute atomic E-state index is 0.0641. The number of carbonyl (C=O) groups is 1. The van der Waals surface area contributed by atoms with Crippen LogP contribution in [0.3, 0.4) is 0 Å². The number of ether oxygens (including phenoxy) is 1. The van der Waals surface area contributed by atoms with Crippen LogP contribution in [0.2, 0.25) is 0 Å². The summed E-state index contributed by atoms with van der Waals surface area (Å²) in [5, 5.41) is 8.86. The van der Waals surface area contributed by atoms with Gasteiger partial charge in [0.05, 0.1) is 11.9 Å². The van der Waals surface area contributed by atoms with Crippen LogP contribution in [0.15, 0.2) is 30.3 Å². The number of aliphatic carboxylic acids is 1. The number of rotatable bonds is 9. The lowest BCUT2D eigenvalue weighted by atomic mass is 10.0. The predicted octanol–water partition coefficient (Wildman–Crippen LogP) is 1.56. The fourth-order valence-corrected chi connectivity index (χ4v) is 4.28. The van der Waals surface area contributed by atoms with Crippen molar-refractivity contribution >= 4 is 16.0 Å². The molecule has 1 fully saturated rings. The summed E-state index contributed by atoms with van der Waals surface area (Å²) in [6.07, 6.45) is 2.03. The van der Waals surface area contributed by atoms with Crippen LogP contribution >= 0.6 is 0 Å². The van der Waals surface area contributed by atoms with Gasteiger partial charge in [-0.25, -0.2) is 13.1 Å². The van der Waals surface area contributed by atoms with Crippen molar-refractivity contribution in [2.24, 2.45) is 0 Å².